The normalized spacial score (nSPS) is 14.4. The van der Waals surface area contributed by atoms with Gasteiger partial charge in [0.1, 0.15) is 17.7 Å². The number of hydrogen-bond donors (Lipinski definition) is 2. The third kappa shape index (κ3) is 8.01. The van der Waals surface area contributed by atoms with Gasteiger partial charge < -0.3 is 20.3 Å². The minimum atomic E-state index is -0.988. The summed E-state index contributed by atoms with van der Waals surface area (Å²) in [6.07, 6.45) is 7.85. The zero-order valence-electron chi connectivity index (χ0n) is 24.5. The molecular weight excluding hydrogens is 526 g/mol. The lowest BCUT2D eigenvalue weighted by atomic mass is 9.87. The van der Waals surface area contributed by atoms with Crippen LogP contribution < -0.4 is 10.6 Å². The van der Waals surface area contributed by atoms with E-state index in [1.54, 1.807) is 37.8 Å². The van der Waals surface area contributed by atoms with Crippen LogP contribution in [0.5, 0.6) is 0 Å². The molecule has 4 rings (SSSR count). The Morgan fingerprint density at radius 3 is 2.10 bits per heavy atom. The van der Waals surface area contributed by atoms with Crippen molar-refractivity contribution in [3.05, 3.63) is 107 Å². The van der Waals surface area contributed by atoms with Gasteiger partial charge in [0.15, 0.2) is 0 Å². The van der Waals surface area contributed by atoms with Crippen molar-refractivity contribution in [2.75, 3.05) is 0 Å². The standard InChI is InChI=1S/C35H39N3O4/c1-5-27-19-12-13-22-29(27)31(32(39)36-24-26-17-10-7-11-18-26)38(28-20-14-21-28)33(40)30(23-25-15-8-6-9-16-25)37-34(41)42-35(2,3)4/h1,6-13,15-19,22,28,30-31H,14,20-21,23-24H2,2-4H3,(H,36,39)(H,37,41). The number of nitrogens with zero attached hydrogens (tertiary/aromatic N) is 1. The average Bonchev–Trinajstić information content (AvgIpc) is 2.94. The number of amides is 3. The van der Waals surface area contributed by atoms with Gasteiger partial charge in [-0.15, -0.1) is 6.42 Å². The third-order valence-electron chi connectivity index (χ3n) is 7.24. The smallest absolute Gasteiger partial charge is 0.408 e. The van der Waals surface area contributed by atoms with E-state index in [-0.39, 0.29) is 24.3 Å². The predicted octanol–water partition coefficient (Wildman–Crippen LogP) is 5.54. The highest BCUT2D eigenvalue weighted by atomic mass is 16.6. The molecule has 3 aromatic carbocycles. The highest BCUT2D eigenvalue weighted by Gasteiger charge is 2.42. The zero-order chi connectivity index (χ0) is 30.1. The summed E-state index contributed by atoms with van der Waals surface area (Å²) in [5.74, 6) is 2.00. The number of hydrogen-bond acceptors (Lipinski definition) is 4. The fraction of sp³-hybridized carbons (Fsp3) is 0.343. The second-order valence-electron chi connectivity index (χ2n) is 11.6. The van der Waals surface area contributed by atoms with Crippen molar-refractivity contribution >= 4 is 17.9 Å². The Bertz CT molecular complexity index is 1410. The largest absolute Gasteiger partial charge is 0.444 e. The molecule has 1 fully saturated rings. The molecule has 0 bridgehead atoms. The average molecular weight is 566 g/mol. The summed E-state index contributed by atoms with van der Waals surface area (Å²) >= 11 is 0. The minimum absolute atomic E-state index is 0.186. The summed E-state index contributed by atoms with van der Waals surface area (Å²) in [6, 6.07) is 24.1. The van der Waals surface area contributed by atoms with E-state index >= 15 is 0 Å². The molecule has 0 spiro atoms. The van der Waals surface area contributed by atoms with Gasteiger partial charge in [-0.05, 0) is 62.8 Å². The van der Waals surface area contributed by atoms with Crippen LogP contribution in [0.2, 0.25) is 0 Å². The second-order valence-corrected chi connectivity index (χ2v) is 11.6. The van der Waals surface area contributed by atoms with E-state index in [9.17, 15) is 14.4 Å². The lowest BCUT2D eigenvalue weighted by molar-refractivity contribution is -0.147. The number of carbonyl (C=O) groups excluding carboxylic acids is 3. The number of rotatable bonds is 10. The topological polar surface area (TPSA) is 87.7 Å². The summed E-state index contributed by atoms with van der Waals surface area (Å²) in [4.78, 5) is 43.3. The quantitative estimate of drug-likeness (QED) is 0.316. The van der Waals surface area contributed by atoms with Crippen molar-refractivity contribution in [1.29, 1.82) is 0 Å². The van der Waals surface area contributed by atoms with Crippen molar-refractivity contribution in [2.45, 2.75) is 76.7 Å². The molecule has 0 saturated heterocycles. The van der Waals surface area contributed by atoms with E-state index in [4.69, 9.17) is 11.2 Å². The summed E-state index contributed by atoms with van der Waals surface area (Å²) < 4.78 is 5.53. The van der Waals surface area contributed by atoms with Crippen molar-refractivity contribution in [3.8, 4) is 12.3 Å². The molecule has 0 aromatic heterocycles. The van der Waals surface area contributed by atoms with Crippen molar-refractivity contribution < 1.29 is 19.1 Å². The Morgan fingerprint density at radius 1 is 0.929 bits per heavy atom. The van der Waals surface area contributed by atoms with E-state index < -0.39 is 23.8 Å². The number of ether oxygens (including phenoxy) is 1. The Balaban J connectivity index is 1.73. The van der Waals surface area contributed by atoms with Crippen molar-refractivity contribution in [3.63, 3.8) is 0 Å². The van der Waals surface area contributed by atoms with Gasteiger partial charge in [-0.3, -0.25) is 9.59 Å². The van der Waals surface area contributed by atoms with Crippen LogP contribution in [0.3, 0.4) is 0 Å². The van der Waals surface area contributed by atoms with E-state index in [1.807, 2.05) is 72.8 Å². The minimum Gasteiger partial charge on any atom is -0.444 e. The van der Waals surface area contributed by atoms with Crippen LogP contribution >= 0.6 is 0 Å². The number of terminal acetylenes is 1. The molecule has 3 aromatic rings. The first-order valence-electron chi connectivity index (χ1n) is 14.4. The summed E-state index contributed by atoms with van der Waals surface area (Å²) in [6.45, 7) is 5.60. The highest BCUT2D eigenvalue weighted by molar-refractivity contribution is 5.93. The van der Waals surface area contributed by atoms with Crippen LogP contribution in [0, 0.1) is 12.3 Å². The molecule has 2 unspecified atom stereocenters. The van der Waals surface area contributed by atoms with Crippen LogP contribution in [-0.2, 0) is 27.3 Å². The van der Waals surface area contributed by atoms with Gasteiger partial charge in [0.2, 0.25) is 11.8 Å². The Labute approximate surface area is 248 Å². The van der Waals surface area contributed by atoms with Gasteiger partial charge in [-0.2, -0.15) is 0 Å². The van der Waals surface area contributed by atoms with Gasteiger partial charge in [-0.25, -0.2) is 4.79 Å². The number of carbonyl (C=O) groups is 3. The van der Waals surface area contributed by atoms with E-state index in [0.717, 1.165) is 30.4 Å². The predicted molar refractivity (Wildman–Crippen MR) is 163 cm³/mol. The maximum Gasteiger partial charge on any atom is 0.408 e. The van der Waals surface area contributed by atoms with Crippen LogP contribution in [0.25, 0.3) is 0 Å². The van der Waals surface area contributed by atoms with E-state index in [0.29, 0.717) is 17.7 Å². The molecule has 7 nitrogen and oxygen atoms in total. The number of alkyl carbamates (subject to hydrolysis) is 1. The Kier molecular flexibility index (Phi) is 10.0. The van der Waals surface area contributed by atoms with Gasteiger partial charge in [0, 0.05) is 24.6 Å². The molecule has 1 aliphatic carbocycles. The molecule has 42 heavy (non-hydrogen) atoms. The molecule has 3 amide bonds. The highest BCUT2D eigenvalue weighted by Crippen LogP contribution is 2.35. The van der Waals surface area contributed by atoms with Gasteiger partial charge in [-0.1, -0.05) is 84.8 Å². The SMILES string of the molecule is C#Cc1ccccc1C(C(=O)NCc1ccccc1)N(C(=O)C(Cc1ccccc1)NC(=O)OC(C)(C)C)C1CCC1. The molecule has 218 valence electrons. The molecule has 2 N–H and O–H groups in total. The fourth-order valence-electron chi connectivity index (χ4n) is 5.03. The van der Waals surface area contributed by atoms with Crippen LogP contribution in [0.1, 0.15) is 68.3 Å². The molecule has 2 atom stereocenters. The fourth-order valence-corrected chi connectivity index (χ4v) is 5.03. The Morgan fingerprint density at radius 2 is 1.52 bits per heavy atom. The zero-order valence-corrected chi connectivity index (χ0v) is 24.5. The summed E-state index contributed by atoms with van der Waals surface area (Å²) in [5, 5.41) is 5.85. The summed E-state index contributed by atoms with van der Waals surface area (Å²) in [5.41, 5.74) is 2.17. The lowest BCUT2D eigenvalue weighted by Gasteiger charge is -2.44. The molecule has 7 heteroatoms. The maximum atomic E-state index is 14.6. The monoisotopic (exact) mass is 565 g/mol. The van der Waals surface area contributed by atoms with Crippen molar-refractivity contribution in [2.24, 2.45) is 0 Å². The number of nitrogens with one attached hydrogen (secondary N) is 2. The third-order valence-corrected chi connectivity index (χ3v) is 7.24. The second kappa shape index (κ2) is 13.9. The van der Waals surface area contributed by atoms with Gasteiger partial charge in [0.05, 0.1) is 0 Å². The van der Waals surface area contributed by atoms with Gasteiger partial charge in [0.25, 0.3) is 0 Å². The van der Waals surface area contributed by atoms with E-state index in [1.165, 1.54) is 0 Å². The van der Waals surface area contributed by atoms with Crippen LogP contribution in [-0.4, -0.2) is 40.5 Å². The van der Waals surface area contributed by atoms with Crippen LogP contribution in [0.15, 0.2) is 84.9 Å². The van der Waals surface area contributed by atoms with Gasteiger partial charge >= 0.3 is 6.09 Å². The number of benzene rings is 3. The first kappa shape index (κ1) is 30.4. The Hall–Kier alpha value is -4.57. The summed E-state index contributed by atoms with van der Waals surface area (Å²) in [7, 11) is 0. The molecule has 0 radical (unpaired) electrons. The molecule has 0 aliphatic heterocycles. The molecule has 0 heterocycles. The maximum absolute atomic E-state index is 14.6. The first-order valence-corrected chi connectivity index (χ1v) is 14.4. The van der Waals surface area contributed by atoms with E-state index in [2.05, 4.69) is 16.6 Å². The first-order chi connectivity index (χ1) is 20.2. The van der Waals surface area contributed by atoms with Crippen molar-refractivity contribution in [1.82, 2.24) is 15.5 Å². The van der Waals surface area contributed by atoms with Crippen LogP contribution in [0.4, 0.5) is 4.79 Å². The molecule has 1 aliphatic rings. The molecule has 1 saturated carbocycles. The molecular formula is C35H39N3O4. The lowest BCUT2D eigenvalue weighted by Crippen LogP contribution is -2.58.